The monoisotopic (exact) mass is 339 g/mol. The minimum Gasteiger partial charge on any atom is -0.395 e. The zero-order chi connectivity index (χ0) is 17.0. The van der Waals surface area contributed by atoms with Crippen molar-refractivity contribution in [1.82, 2.24) is 4.72 Å². The largest absolute Gasteiger partial charge is 0.416 e. The van der Waals surface area contributed by atoms with Crippen LogP contribution in [-0.2, 0) is 22.0 Å². The predicted molar refractivity (Wildman–Crippen MR) is 77.5 cm³/mol. The molecule has 0 heterocycles. The van der Waals surface area contributed by atoms with Gasteiger partial charge in [-0.3, -0.25) is 0 Å². The van der Waals surface area contributed by atoms with Crippen molar-refractivity contribution in [3.05, 3.63) is 35.4 Å². The minimum absolute atomic E-state index is 0.141. The molecular formula is C14H20F3NO3S. The highest BCUT2D eigenvalue weighted by Gasteiger charge is 2.34. The van der Waals surface area contributed by atoms with Crippen LogP contribution in [0.25, 0.3) is 0 Å². The van der Waals surface area contributed by atoms with E-state index in [2.05, 4.69) is 4.72 Å². The Bertz CT molecular complexity index is 585. The molecule has 0 aliphatic rings. The second-order valence-electron chi connectivity index (χ2n) is 5.54. The number of rotatable bonds is 7. The Labute approximate surface area is 128 Å². The lowest BCUT2D eigenvalue weighted by molar-refractivity contribution is -0.138. The van der Waals surface area contributed by atoms with E-state index in [0.29, 0.717) is 6.42 Å². The summed E-state index contributed by atoms with van der Waals surface area (Å²) in [6.07, 6.45) is -4.21. The second-order valence-corrected chi connectivity index (χ2v) is 7.29. The van der Waals surface area contributed by atoms with E-state index in [1.807, 2.05) is 13.8 Å². The van der Waals surface area contributed by atoms with E-state index in [-0.39, 0.29) is 11.5 Å². The van der Waals surface area contributed by atoms with Crippen LogP contribution >= 0.6 is 0 Å². The van der Waals surface area contributed by atoms with Crippen molar-refractivity contribution >= 4 is 10.0 Å². The Hall–Kier alpha value is -1.12. The van der Waals surface area contributed by atoms with Crippen LogP contribution in [0, 0.1) is 5.92 Å². The van der Waals surface area contributed by atoms with Gasteiger partial charge in [0, 0.05) is 6.04 Å². The molecular weight excluding hydrogens is 319 g/mol. The summed E-state index contributed by atoms with van der Waals surface area (Å²) in [6, 6.07) is 3.85. The smallest absolute Gasteiger partial charge is 0.395 e. The van der Waals surface area contributed by atoms with Gasteiger partial charge in [-0.25, -0.2) is 13.1 Å². The lowest BCUT2D eigenvalue weighted by atomic mass is 10.1. The summed E-state index contributed by atoms with van der Waals surface area (Å²) in [6.45, 7) is 3.31. The van der Waals surface area contributed by atoms with Gasteiger partial charge in [-0.1, -0.05) is 32.0 Å². The first-order chi connectivity index (χ1) is 10.0. The number of alkyl halides is 3. The molecule has 1 rings (SSSR count). The third-order valence-electron chi connectivity index (χ3n) is 2.99. The molecule has 1 aromatic rings. The van der Waals surface area contributed by atoms with Gasteiger partial charge in [-0.15, -0.1) is 0 Å². The maximum absolute atomic E-state index is 12.9. The zero-order valence-corrected chi connectivity index (χ0v) is 13.2. The first kappa shape index (κ1) is 18.9. The number of aliphatic hydroxyl groups excluding tert-OH is 1. The summed E-state index contributed by atoms with van der Waals surface area (Å²) in [7, 11) is -3.98. The predicted octanol–water partition coefficient (Wildman–Crippen LogP) is 2.53. The molecule has 0 aliphatic carbocycles. The Morgan fingerprint density at radius 2 is 1.82 bits per heavy atom. The highest BCUT2D eigenvalue weighted by atomic mass is 32.2. The minimum atomic E-state index is -4.61. The topological polar surface area (TPSA) is 66.4 Å². The van der Waals surface area contributed by atoms with Gasteiger partial charge < -0.3 is 5.11 Å². The normalized spacial score (nSPS) is 14.3. The van der Waals surface area contributed by atoms with E-state index in [4.69, 9.17) is 0 Å². The third-order valence-corrected chi connectivity index (χ3v) is 4.37. The van der Waals surface area contributed by atoms with Crippen LogP contribution in [0.15, 0.2) is 24.3 Å². The van der Waals surface area contributed by atoms with Crippen LogP contribution < -0.4 is 4.72 Å². The highest BCUT2D eigenvalue weighted by molar-refractivity contribution is 7.88. The van der Waals surface area contributed by atoms with Crippen LogP contribution in [-0.4, -0.2) is 26.2 Å². The van der Waals surface area contributed by atoms with E-state index >= 15 is 0 Å². The molecule has 1 atom stereocenters. The molecule has 0 fully saturated rings. The first-order valence-corrected chi connectivity index (χ1v) is 8.46. The van der Waals surface area contributed by atoms with Gasteiger partial charge in [0.25, 0.3) is 0 Å². The molecule has 22 heavy (non-hydrogen) atoms. The fourth-order valence-electron chi connectivity index (χ4n) is 2.15. The molecule has 1 unspecified atom stereocenters. The molecule has 0 radical (unpaired) electrons. The summed E-state index contributed by atoms with van der Waals surface area (Å²) < 4.78 is 64.9. The van der Waals surface area contributed by atoms with Crippen molar-refractivity contribution in [1.29, 1.82) is 0 Å². The van der Waals surface area contributed by atoms with Crippen LogP contribution in [0.1, 0.15) is 31.4 Å². The summed E-state index contributed by atoms with van der Waals surface area (Å²) in [5, 5.41) is 9.18. The number of hydrogen-bond acceptors (Lipinski definition) is 3. The summed E-state index contributed by atoms with van der Waals surface area (Å²) >= 11 is 0. The number of sulfonamides is 1. The lowest BCUT2D eigenvalue weighted by Crippen LogP contribution is -2.39. The van der Waals surface area contributed by atoms with Crippen molar-refractivity contribution < 1.29 is 26.7 Å². The van der Waals surface area contributed by atoms with Crippen LogP contribution in [0.3, 0.4) is 0 Å². The fraction of sp³-hybridized carbons (Fsp3) is 0.571. The molecule has 0 spiro atoms. The molecule has 0 bridgehead atoms. The van der Waals surface area contributed by atoms with Gasteiger partial charge in [-0.2, -0.15) is 13.2 Å². The van der Waals surface area contributed by atoms with Gasteiger partial charge in [0.15, 0.2) is 0 Å². The average Bonchev–Trinajstić information content (AvgIpc) is 2.35. The molecule has 0 aromatic heterocycles. The standard InChI is InChI=1S/C14H20F3NO3S/c1-10(2)7-12(8-19)18-22(20,21)9-11-5-3-4-6-13(11)14(15,16)17/h3-6,10,12,18-19H,7-9H2,1-2H3. The maximum Gasteiger partial charge on any atom is 0.416 e. The number of benzene rings is 1. The van der Waals surface area contributed by atoms with E-state index in [1.165, 1.54) is 12.1 Å². The Morgan fingerprint density at radius 1 is 1.23 bits per heavy atom. The Balaban J connectivity index is 2.94. The van der Waals surface area contributed by atoms with E-state index in [9.17, 15) is 26.7 Å². The molecule has 0 amide bonds. The van der Waals surface area contributed by atoms with Crippen molar-refractivity contribution in [2.45, 2.75) is 38.2 Å². The van der Waals surface area contributed by atoms with Gasteiger partial charge >= 0.3 is 6.18 Å². The number of nitrogens with one attached hydrogen (secondary N) is 1. The SMILES string of the molecule is CC(C)CC(CO)NS(=O)(=O)Cc1ccccc1C(F)(F)F. The van der Waals surface area contributed by atoms with Crippen LogP contribution in [0.2, 0.25) is 0 Å². The van der Waals surface area contributed by atoms with E-state index in [1.54, 1.807) is 0 Å². The second kappa shape index (κ2) is 7.43. The van der Waals surface area contributed by atoms with Gasteiger partial charge in [0.1, 0.15) is 0 Å². The zero-order valence-electron chi connectivity index (χ0n) is 12.4. The Kier molecular flexibility index (Phi) is 6.39. The molecule has 8 heteroatoms. The molecule has 0 aliphatic heterocycles. The van der Waals surface area contributed by atoms with Crippen LogP contribution in [0.4, 0.5) is 13.2 Å². The number of aliphatic hydroxyl groups is 1. The molecule has 0 saturated carbocycles. The molecule has 1 aromatic carbocycles. The maximum atomic E-state index is 12.9. The highest BCUT2D eigenvalue weighted by Crippen LogP contribution is 2.32. The summed E-state index contributed by atoms with van der Waals surface area (Å²) in [5.74, 6) is -0.639. The van der Waals surface area contributed by atoms with Crippen molar-refractivity contribution in [2.75, 3.05) is 6.61 Å². The van der Waals surface area contributed by atoms with Crippen molar-refractivity contribution in [3.63, 3.8) is 0 Å². The van der Waals surface area contributed by atoms with Crippen molar-refractivity contribution in [3.8, 4) is 0 Å². The lowest BCUT2D eigenvalue weighted by Gasteiger charge is -2.19. The molecule has 0 saturated heterocycles. The average molecular weight is 339 g/mol. The van der Waals surface area contributed by atoms with Crippen molar-refractivity contribution in [2.24, 2.45) is 5.92 Å². The van der Waals surface area contributed by atoms with Gasteiger partial charge in [-0.05, 0) is 24.0 Å². The molecule has 126 valence electrons. The fourth-order valence-corrected chi connectivity index (χ4v) is 3.58. The summed E-state index contributed by atoms with van der Waals surface area (Å²) in [5.41, 5.74) is -1.28. The summed E-state index contributed by atoms with van der Waals surface area (Å²) in [4.78, 5) is 0. The molecule has 4 nitrogen and oxygen atoms in total. The third kappa shape index (κ3) is 5.94. The van der Waals surface area contributed by atoms with Gasteiger partial charge in [0.05, 0.1) is 17.9 Å². The quantitative estimate of drug-likeness (QED) is 0.802. The van der Waals surface area contributed by atoms with Gasteiger partial charge in [0.2, 0.25) is 10.0 Å². The van der Waals surface area contributed by atoms with Crippen LogP contribution in [0.5, 0.6) is 0 Å². The molecule has 2 N–H and O–H groups in total. The van der Waals surface area contributed by atoms with E-state index < -0.39 is 40.2 Å². The first-order valence-electron chi connectivity index (χ1n) is 6.81. The van der Waals surface area contributed by atoms with E-state index in [0.717, 1.165) is 12.1 Å². The number of hydrogen-bond donors (Lipinski definition) is 2. The number of halogens is 3. The Morgan fingerprint density at radius 3 is 2.32 bits per heavy atom.